The van der Waals surface area contributed by atoms with Crippen molar-refractivity contribution in [3.63, 3.8) is 0 Å². The summed E-state index contributed by atoms with van der Waals surface area (Å²) >= 11 is 0. The molecule has 1 unspecified atom stereocenters. The van der Waals surface area contributed by atoms with Crippen molar-refractivity contribution >= 4 is 0 Å². The summed E-state index contributed by atoms with van der Waals surface area (Å²) < 4.78 is 36.4. The number of hydrogen-bond acceptors (Lipinski definition) is 1. The van der Waals surface area contributed by atoms with Gasteiger partial charge in [0.2, 0.25) is 0 Å². The van der Waals surface area contributed by atoms with Gasteiger partial charge >= 0.3 is 6.18 Å². The average molecular weight is 218 g/mol. The van der Waals surface area contributed by atoms with E-state index in [-0.39, 0.29) is 6.42 Å². The summed E-state index contributed by atoms with van der Waals surface area (Å²) in [5, 5.41) is 8.96. The molecule has 0 fully saturated rings. The Balaban J connectivity index is 2.90. The van der Waals surface area contributed by atoms with Gasteiger partial charge in [0.25, 0.3) is 0 Å². The highest BCUT2D eigenvalue weighted by Gasteiger charge is 2.38. The van der Waals surface area contributed by atoms with Crippen LogP contribution in [0, 0.1) is 13.8 Å². The summed E-state index contributed by atoms with van der Waals surface area (Å²) in [6.45, 7) is 3.48. The standard InChI is InChI=1S/C11H13F3O/c1-7-4-3-5-8(2)9(7)6-10(15)11(12,13)14/h3-5,10,15H,6H2,1-2H3. The molecule has 1 rings (SSSR count). The second-order valence-corrected chi connectivity index (χ2v) is 3.63. The smallest absolute Gasteiger partial charge is 0.383 e. The molecule has 0 saturated heterocycles. The second kappa shape index (κ2) is 4.23. The van der Waals surface area contributed by atoms with E-state index in [9.17, 15) is 13.2 Å². The first kappa shape index (κ1) is 12.0. The average Bonchev–Trinajstić information content (AvgIpc) is 2.09. The van der Waals surface area contributed by atoms with E-state index in [1.54, 1.807) is 32.0 Å². The van der Waals surface area contributed by atoms with Gasteiger partial charge in [-0.05, 0) is 30.5 Å². The van der Waals surface area contributed by atoms with Crippen LogP contribution in [-0.2, 0) is 6.42 Å². The monoisotopic (exact) mass is 218 g/mol. The first-order valence-electron chi connectivity index (χ1n) is 4.62. The highest BCUT2D eigenvalue weighted by atomic mass is 19.4. The van der Waals surface area contributed by atoms with Crippen molar-refractivity contribution in [1.29, 1.82) is 0 Å². The zero-order valence-corrected chi connectivity index (χ0v) is 8.60. The van der Waals surface area contributed by atoms with Gasteiger partial charge in [0.1, 0.15) is 0 Å². The van der Waals surface area contributed by atoms with E-state index in [4.69, 9.17) is 5.11 Å². The molecule has 0 aromatic heterocycles. The number of aryl methyl sites for hydroxylation is 2. The molecule has 0 aliphatic rings. The molecule has 0 amide bonds. The summed E-state index contributed by atoms with van der Waals surface area (Å²) in [5.74, 6) is 0. The van der Waals surface area contributed by atoms with Crippen LogP contribution in [0.1, 0.15) is 16.7 Å². The summed E-state index contributed by atoms with van der Waals surface area (Å²) in [7, 11) is 0. The van der Waals surface area contributed by atoms with Gasteiger partial charge < -0.3 is 5.11 Å². The van der Waals surface area contributed by atoms with Crippen LogP contribution in [0.15, 0.2) is 18.2 Å². The van der Waals surface area contributed by atoms with Crippen LogP contribution < -0.4 is 0 Å². The van der Waals surface area contributed by atoms with Gasteiger partial charge in [-0.25, -0.2) is 0 Å². The Labute approximate surface area is 86.5 Å². The normalized spacial score (nSPS) is 14.0. The minimum atomic E-state index is -4.55. The fourth-order valence-corrected chi connectivity index (χ4v) is 1.48. The molecule has 0 heterocycles. The Morgan fingerprint density at radius 2 is 1.67 bits per heavy atom. The molecular weight excluding hydrogens is 205 g/mol. The summed E-state index contributed by atoms with van der Waals surface area (Å²) in [6.07, 6.45) is -7.20. The zero-order valence-electron chi connectivity index (χ0n) is 8.60. The maximum absolute atomic E-state index is 12.1. The lowest BCUT2D eigenvalue weighted by atomic mass is 9.97. The zero-order chi connectivity index (χ0) is 11.6. The highest BCUT2D eigenvalue weighted by Crippen LogP contribution is 2.25. The molecular formula is C11H13F3O. The fourth-order valence-electron chi connectivity index (χ4n) is 1.48. The van der Waals surface area contributed by atoms with Crippen LogP contribution >= 0.6 is 0 Å². The van der Waals surface area contributed by atoms with Crippen LogP contribution in [0.2, 0.25) is 0 Å². The minimum Gasteiger partial charge on any atom is -0.383 e. The molecule has 1 N–H and O–H groups in total. The third kappa shape index (κ3) is 2.96. The lowest BCUT2D eigenvalue weighted by molar-refractivity contribution is -0.203. The lowest BCUT2D eigenvalue weighted by Crippen LogP contribution is -2.31. The molecule has 15 heavy (non-hydrogen) atoms. The van der Waals surface area contributed by atoms with Crippen molar-refractivity contribution in [3.05, 3.63) is 34.9 Å². The molecule has 0 aliphatic carbocycles. The predicted molar refractivity (Wildman–Crippen MR) is 51.7 cm³/mol. The largest absolute Gasteiger partial charge is 0.414 e. The number of alkyl halides is 3. The van der Waals surface area contributed by atoms with Gasteiger partial charge in [0, 0.05) is 6.42 Å². The summed E-state index contributed by atoms with van der Waals surface area (Å²) in [5.41, 5.74) is 2.12. The van der Waals surface area contributed by atoms with Crippen molar-refractivity contribution < 1.29 is 18.3 Å². The topological polar surface area (TPSA) is 20.2 Å². The minimum absolute atomic E-state index is 0.373. The van der Waals surface area contributed by atoms with Crippen LogP contribution in [-0.4, -0.2) is 17.4 Å². The van der Waals surface area contributed by atoms with Gasteiger partial charge in [-0.1, -0.05) is 18.2 Å². The summed E-state index contributed by atoms with van der Waals surface area (Å²) in [6, 6.07) is 5.27. The van der Waals surface area contributed by atoms with Crippen molar-refractivity contribution in [2.45, 2.75) is 32.5 Å². The van der Waals surface area contributed by atoms with Crippen LogP contribution in [0.4, 0.5) is 13.2 Å². The van der Waals surface area contributed by atoms with Gasteiger partial charge in [0.15, 0.2) is 6.10 Å². The predicted octanol–water partition coefficient (Wildman–Crippen LogP) is 2.77. The number of aliphatic hydroxyl groups is 1. The van der Waals surface area contributed by atoms with Crippen molar-refractivity contribution in [3.8, 4) is 0 Å². The first-order valence-corrected chi connectivity index (χ1v) is 4.62. The van der Waals surface area contributed by atoms with E-state index in [0.717, 1.165) is 11.1 Å². The third-order valence-electron chi connectivity index (χ3n) is 2.42. The molecule has 0 bridgehead atoms. The number of aliphatic hydroxyl groups excluding tert-OH is 1. The molecule has 1 atom stereocenters. The number of halogens is 3. The molecule has 0 aliphatic heterocycles. The van der Waals surface area contributed by atoms with Crippen molar-refractivity contribution in [2.75, 3.05) is 0 Å². The summed E-state index contributed by atoms with van der Waals surface area (Å²) in [4.78, 5) is 0. The maximum atomic E-state index is 12.1. The van der Waals surface area contributed by atoms with E-state index in [1.807, 2.05) is 0 Å². The van der Waals surface area contributed by atoms with Gasteiger partial charge in [-0.2, -0.15) is 13.2 Å². The van der Waals surface area contributed by atoms with Crippen LogP contribution in [0.5, 0.6) is 0 Å². The van der Waals surface area contributed by atoms with E-state index in [1.165, 1.54) is 0 Å². The number of benzene rings is 1. The van der Waals surface area contributed by atoms with Gasteiger partial charge in [-0.15, -0.1) is 0 Å². The molecule has 84 valence electrons. The SMILES string of the molecule is Cc1cccc(C)c1CC(O)C(F)(F)F. The van der Waals surface area contributed by atoms with E-state index in [0.29, 0.717) is 5.56 Å². The van der Waals surface area contributed by atoms with Gasteiger partial charge in [0.05, 0.1) is 0 Å². The van der Waals surface area contributed by atoms with Crippen molar-refractivity contribution in [2.24, 2.45) is 0 Å². The molecule has 0 radical (unpaired) electrons. The van der Waals surface area contributed by atoms with E-state index < -0.39 is 12.3 Å². The Morgan fingerprint density at radius 3 is 2.07 bits per heavy atom. The third-order valence-corrected chi connectivity index (χ3v) is 2.42. The Kier molecular flexibility index (Phi) is 3.39. The molecule has 0 saturated carbocycles. The molecule has 1 aromatic rings. The Morgan fingerprint density at radius 1 is 1.20 bits per heavy atom. The second-order valence-electron chi connectivity index (χ2n) is 3.63. The number of hydrogen-bond donors (Lipinski definition) is 1. The lowest BCUT2D eigenvalue weighted by Gasteiger charge is -2.17. The van der Waals surface area contributed by atoms with Crippen LogP contribution in [0.25, 0.3) is 0 Å². The van der Waals surface area contributed by atoms with Crippen molar-refractivity contribution in [1.82, 2.24) is 0 Å². The molecule has 1 nitrogen and oxygen atoms in total. The van der Waals surface area contributed by atoms with E-state index in [2.05, 4.69) is 0 Å². The quantitative estimate of drug-likeness (QED) is 0.809. The molecule has 0 spiro atoms. The Bertz CT molecular complexity index is 324. The highest BCUT2D eigenvalue weighted by molar-refractivity contribution is 5.34. The Hall–Kier alpha value is -1.03. The van der Waals surface area contributed by atoms with Crippen LogP contribution in [0.3, 0.4) is 0 Å². The molecule has 4 heteroatoms. The maximum Gasteiger partial charge on any atom is 0.414 e. The first-order chi connectivity index (χ1) is 6.82. The van der Waals surface area contributed by atoms with E-state index >= 15 is 0 Å². The fraction of sp³-hybridized carbons (Fsp3) is 0.455. The number of rotatable bonds is 2. The van der Waals surface area contributed by atoms with Gasteiger partial charge in [-0.3, -0.25) is 0 Å². The molecule has 1 aromatic carbocycles.